The molecule has 1 heterocycles. The lowest BCUT2D eigenvalue weighted by Crippen LogP contribution is -2.17. The van der Waals surface area contributed by atoms with Gasteiger partial charge in [-0.05, 0) is 55.0 Å². The monoisotopic (exact) mass is 427 g/mol. The van der Waals surface area contributed by atoms with E-state index in [4.69, 9.17) is 21.1 Å². The Morgan fingerprint density at radius 1 is 1.20 bits per heavy atom. The van der Waals surface area contributed by atoms with Crippen LogP contribution in [0.5, 0.6) is 11.5 Å². The second-order valence-electron chi connectivity index (χ2n) is 6.07. The number of aromatic nitrogens is 1. The van der Waals surface area contributed by atoms with Gasteiger partial charge in [0.15, 0.2) is 11.5 Å². The summed E-state index contributed by atoms with van der Waals surface area (Å²) in [6, 6.07) is 12.9. The second-order valence-corrected chi connectivity index (χ2v) is 6.48. The standard InChI is InChI=1S/C22H19ClFN3O3/c1-2-29-21-11-15(12-26-27-22(28)16-5-4-10-25-13-16)8-9-20(21)30-14-17-18(23)6-3-7-19(17)24/h3-13H,2,14H2,1H3,(H,27,28)/b26-12+. The quantitative estimate of drug-likeness (QED) is 0.420. The van der Waals surface area contributed by atoms with Crippen molar-refractivity contribution in [2.75, 3.05) is 6.61 Å². The van der Waals surface area contributed by atoms with Gasteiger partial charge >= 0.3 is 0 Å². The molecule has 3 aromatic rings. The van der Waals surface area contributed by atoms with E-state index in [-0.39, 0.29) is 18.1 Å². The fourth-order valence-corrected chi connectivity index (χ4v) is 2.76. The van der Waals surface area contributed by atoms with E-state index in [1.807, 2.05) is 6.92 Å². The number of halogens is 2. The van der Waals surface area contributed by atoms with Crippen molar-refractivity contribution in [1.29, 1.82) is 0 Å². The lowest BCUT2D eigenvalue weighted by molar-refractivity contribution is 0.0955. The molecule has 0 radical (unpaired) electrons. The molecule has 0 fully saturated rings. The maximum Gasteiger partial charge on any atom is 0.272 e. The largest absolute Gasteiger partial charge is 0.490 e. The highest BCUT2D eigenvalue weighted by atomic mass is 35.5. The first-order chi connectivity index (χ1) is 14.6. The van der Waals surface area contributed by atoms with Crippen molar-refractivity contribution in [1.82, 2.24) is 10.4 Å². The molecule has 1 N–H and O–H groups in total. The summed E-state index contributed by atoms with van der Waals surface area (Å²) >= 11 is 6.04. The van der Waals surface area contributed by atoms with E-state index in [1.54, 1.807) is 42.6 Å². The fraction of sp³-hybridized carbons (Fsp3) is 0.136. The maximum atomic E-state index is 13.9. The molecule has 0 aliphatic heterocycles. The van der Waals surface area contributed by atoms with Crippen LogP contribution >= 0.6 is 11.6 Å². The third kappa shape index (κ3) is 5.55. The van der Waals surface area contributed by atoms with E-state index in [1.165, 1.54) is 24.5 Å². The third-order valence-corrected chi connectivity index (χ3v) is 4.36. The van der Waals surface area contributed by atoms with Gasteiger partial charge < -0.3 is 9.47 Å². The molecule has 3 rings (SSSR count). The molecule has 1 amide bonds. The molecule has 6 nitrogen and oxygen atoms in total. The van der Waals surface area contributed by atoms with Crippen LogP contribution in [0.15, 0.2) is 66.0 Å². The number of pyridine rings is 1. The Hall–Kier alpha value is -3.45. The zero-order chi connectivity index (χ0) is 21.3. The lowest BCUT2D eigenvalue weighted by Gasteiger charge is -2.13. The molecule has 8 heteroatoms. The summed E-state index contributed by atoms with van der Waals surface area (Å²) in [6.07, 6.45) is 4.51. The molecule has 0 saturated heterocycles. The molecule has 0 bridgehead atoms. The Kier molecular flexibility index (Phi) is 7.34. The van der Waals surface area contributed by atoms with Gasteiger partial charge in [0.2, 0.25) is 0 Å². The molecule has 0 unspecified atom stereocenters. The number of hydrogen-bond donors (Lipinski definition) is 1. The molecule has 0 saturated carbocycles. The van der Waals surface area contributed by atoms with Gasteiger partial charge in [-0.1, -0.05) is 17.7 Å². The van der Waals surface area contributed by atoms with E-state index in [0.717, 1.165) is 0 Å². The molecule has 30 heavy (non-hydrogen) atoms. The summed E-state index contributed by atoms with van der Waals surface area (Å²) < 4.78 is 25.3. The van der Waals surface area contributed by atoms with E-state index in [2.05, 4.69) is 15.5 Å². The summed E-state index contributed by atoms with van der Waals surface area (Å²) in [5.41, 5.74) is 3.79. The summed E-state index contributed by atoms with van der Waals surface area (Å²) in [6.45, 7) is 2.21. The number of hydrogen-bond acceptors (Lipinski definition) is 5. The predicted octanol–water partition coefficient (Wildman–Crippen LogP) is 4.62. The molecule has 0 spiro atoms. The SMILES string of the molecule is CCOc1cc(/C=N/NC(=O)c2cccnc2)ccc1OCc1c(F)cccc1Cl. The van der Waals surface area contributed by atoms with Gasteiger partial charge in [0, 0.05) is 18.0 Å². The number of nitrogens with one attached hydrogen (secondary N) is 1. The number of hydrazone groups is 1. The highest BCUT2D eigenvalue weighted by molar-refractivity contribution is 6.31. The van der Waals surface area contributed by atoms with Gasteiger partial charge in [0.1, 0.15) is 12.4 Å². The van der Waals surface area contributed by atoms with Crippen LogP contribution in [0.4, 0.5) is 4.39 Å². The smallest absolute Gasteiger partial charge is 0.272 e. The topological polar surface area (TPSA) is 72.8 Å². The Bertz CT molecular complexity index is 1020. The molecular formula is C22H19ClFN3O3. The van der Waals surface area contributed by atoms with Crippen molar-refractivity contribution in [3.05, 3.63) is 88.5 Å². The molecule has 2 aromatic carbocycles. The van der Waals surface area contributed by atoms with Crippen LogP contribution in [-0.4, -0.2) is 23.7 Å². The average molecular weight is 428 g/mol. The molecule has 0 aliphatic rings. The van der Waals surface area contributed by atoms with Crippen molar-refractivity contribution < 1.29 is 18.7 Å². The first-order valence-corrected chi connectivity index (χ1v) is 9.52. The van der Waals surface area contributed by atoms with Crippen LogP contribution in [0.25, 0.3) is 0 Å². The van der Waals surface area contributed by atoms with Gasteiger partial charge in [-0.25, -0.2) is 9.82 Å². The molecular weight excluding hydrogens is 409 g/mol. The fourth-order valence-electron chi connectivity index (χ4n) is 2.54. The highest BCUT2D eigenvalue weighted by Gasteiger charge is 2.11. The van der Waals surface area contributed by atoms with Crippen molar-refractivity contribution in [3.63, 3.8) is 0 Å². The van der Waals surface area contributed by atoms with Crippen LogP contribution in [0.3, 0.4) is 0 Å². The van der Waals surface area contributed by atoms with E-state index in [9.17, 15) is 9.18 Å². The van der Waals surface area contributed by atoms with Crippen LogP contribution < -0.4 is 14.9 Å². The van der Waals surface area contributed by atoms with Crippen LogP contribution in [-0.2, 0) is 6.61 Å². The number of amides is 1. The van der Waals surface area contributed by atoms with E-state index < -0.39 is 5.82 Å². The van der Waals surface area contributed by atoms with E-state index in [0.29, 0.717) is 34.3 Å². The number of nitrogens with zero attached hydrogens (tertiary/aromatic N) is 2. The zero-order valence-corrected chi connectivity index (χ0v) is 16.9. The second kappa shape index (κ2) is 10.4. The third-order valence-electron chi connectivity index (χ3n) is 4.00. The highest BCUT2D eigenvalue weighted by Crippen LogP contribution is 2.30. The summed E-state index contributed by atoms with van der Waals surface area (Å²) in [7, 11) is 0. The lowest BCUT2D eigenvalue weighted by atomic mass is 10.2. The normalized spacial score (nSPS) is 10.8. The Labute approximate surface area is 178 Å². The van der Waals surface area contributed by atoms with Crippen molar-refractivity contribution in [2.45, 2.75) is 13.5 Å². The minimum atomic E-state index is -0.437. The van der Waals surface area contributed by atoms with Gasteiger partial charge in [0.25, 0.3) is 5.91 Å². The van der Waals surface area contributed by atoms with Gasteiger partial charge in [-0.2, -0.15) is 5.10 Å². The van der Waals surface area contributed by atoms with Gasteiger partial charge in [0.05, 0.1) is 23.4 Å². The first kappa shape index (κ1) is 21.3. The number of ether oxygens (including phenoxy) is 2. The van der Waals surface area contributed by atoms with Crippen molar-refractivity contribution in [2.24, 2.45) is 5.10 Å². The molecule has 1 aromatic heterocycles. The maximum absolute atomic E-state index is 13.9. The van der Waals surface area contributed by atoms with Crippen LogP contribution in [0.2, 0.25) is 5.02 Å². The summed E-state index contributed by atoms with van der Waals surface area (Å²) in [5.74, 6) is 0.0971. The van der Waals surface area contributed by atoms with Crippen LogP contribution in [0.1, 0.15) is 28.4 Å². The van der Waals surface area contributed by atoms with Gasteiger partial charge in [-0.3, -0.25) is 9.78 Å². The zero-order valence-electron chi connectivity index (χ0n) is 16.1. The summed E-state index contributed by atoms with van der Waals surface area (Å²) in [5, 5.41) is 4.24. The summed E-state index contributed by atoms with van der Waals surface area (Å²) in [4.78, 5) is 15.9. The minimum Gasteiger partial charge on any atom is -0.490 e. The number of rotatable bonds is 8. The number of benzene rings is 2. The van der Waals surface area contributed by atoms with Crippen molar-refractivity contribution >= 4 is 23.7 Å². The van der Waals surface area contributed by atoms with Gasteiger partial charge in [-0.15, -0.1) is 0 Å². The van der Waals surface area contributed by atoms with Crippen molar-refractivity contribution in [3.8, 4) is 11.5 Å². The molecule has 0 atom stereocenters. The van der Waals surface area contributed by atoms with E-state index >= 15 is 0 Å². The Morgan fingerprint density at radius 3 is 2.80 bits per heavy atom. The molecule has 154 valence electrons. The number of carbonyl (C=O) groups is 1. The minimum absolute atomic E-state index is 0.0415. The van der Waals surface area contributed by atoms with Crippen LogP contribution in [0, 0.1) is 5.82 Å². The average Bonchev–Trinajstić information content (AvgIpc) is 2.75. The Balaban J connectivity index is 1.69. The predicted molar refractivity (Wildman–Crippen MR) is 113 cm³/mol. The number of carbonyl (C=O) groups excluding carboxylic acids is 1. The molecule has 0 aliphatic carbocycles. The Morgan fingerprint density at radius 2 is 2.07 bits per heavy atom. The first-order valence-electron chi connectivity index (χ1n) is 9.14.